The van der Waals surface area contributed by atoms with Crippen LogP contribution < -0.4 is 15.2 Å². The Hall–Kier alpha value is -2.77. The van der Waals surface area contributed by atoms with Crippen LogP contribution in [0.5, 0.6) is 11.5 Å². The number of para-hydroxylation sites is 1. The molecule has 3 aromatic rings. The summed E-state index contributed by atoms with van der Waals surface area (Å²) in [6, 6.07) is 11.3. The van der Waals surface area contributed by atoms with Crippen LogP contribution in [0.15, 0.2) is 58.9 Å². The van der Waals surface area contributed by atoms with Gasteiger partial charge in [-0.15, -0.1) is 0 Å². The van der Waals surface area contributed by atoms with Gasteiger partial charge < -0.3 is 33.4 Å². The van der Waals surface area contributed by atoms with Gasteiger partial charge in [-0.05, 0) is 56.0 Å². The second-order valence-electron chi connectivity index (χ2n) is 7.46. The van der Waals surface area contributed by atoms with Gasteiger partial charge in [-0.1, -0.05) is 42.0 Å². The van der Waals surface area contributed by atoms with Crippen molar-refractivity contribution in [1.29, 1.82) is 0 Å². The number of benzene rings is 2. The molecule has 2 aromatic carbocycles. The summed E-state index contributed by atoms with van der Waals surface area (Å²) in [4.78, 5) is 16.1. The maximum absolute atomic E-state index is 13.0. The van der Waals surface area contributed by atoms with Crippen LogP contribution in [0.4, 0.5) is 0 Å². The number of nitrogens with one attached hydrogen (secondary N) is 1. The molecule has 1 atom stereocenters. The zero-order chi connectivity index (χ0) is 23.3. The topological polar surface area (TPSA) is 73.3 Å². The number of aromatic amines is 1. The Kier molecular flexibility index (Phi) is 9.55. The number of allylic oxidation sites excluding steroid dienone is 4. The number of fused-ring (bicyclic) bond motifs is 1. The number of aromatic nitrogens is 2. The monoisotopic (exact) mass is 626 g/mol. The molecule has 1 aliphatic carbocycles. The third-order valence-corrected chi connectivity index (χ3v) is 5.67. The summed E-state index contributed by atoms with van der Waals surface area (Å²) in [7, 11) is 1.61. The zero-order valence-corrected chi connectivity index (χ0v) is 22.0. The van der Waals surface area contributed by atoms with Crippen LogP contribution in [-0.2, 0) is 22.1 Å². The van der Waals surface area contributed by atoms with E-state index in [1.54, 1.807) is 11.7 Å². The van der Waals surface area contributed by atoms with Gasteiger partial charge in [0.15, 0.2) is 11.5 Å². The summed E-state index contributed by atoms with van der Waals surface area (Å²) in [5, 5.41) is 0. The van der Waals surface area contributed by atoms with E-state index in [4.69, 9.17) is 13.0 Å². The number of ether oxygens (including phenoxy) is 2. The molecule has 1 N–H and O–H groups in total. The molecule has 0 fully saturated rings. The van der Waals surface area contributed by atoms with Crippen LogP contribution in [-0.4, -0.2) is 23.3 Å². The zero-order valence-electron chi connectivity index (χ0n) is 19.5. The first-order valence-corrected chi connectivity index (χ1v) is 11.5. The van der Waals surface area contributed by atoms with Gasteiger partial charge in [-0.2, -0.15) is 0 Å². The normalized spacial score (nSPS) is 13.7. The Morgan fingerprint density at radius 2 is 1.97 bits per heavy atom. The first-order chi connectivity index (χ1) is 15.5. The van der Waals surface area contributed by atoms with Crippen molar-refractivity contribution in [3.05, 3.63) is 90.1 Å². The van der Waals surface area contributed by atoms with Crippen molar-refractivity contribution in [2.24, 2.45) is 0 Å². The summed E-state index contributed by atoms with van der Waals surface area (Å²) in [6.07, 6.45) is 6.33. The number of nitrogens with zero attached hydrogens (tertiary/aromatic N) is 1. The van der Waals surface area contributed by atoms with Crippen molar-refractivity contribution in [3.63, 3.8) is 0 Å². The molecule has 6 nitrogen and oxygen atoms in total. The van der Waals surface area contributed by atoms with Crippen molar-refractivity contribution in [2.45, 2.75) is 32.7 Å². The van der Waals surface area contributed by atoms with Gasteiger partial charge in [0.1, 0.15) is 0 Å². The van der Waals surface area contributed by atoms with Crippen molar-refractivity contribution in [1.82, 2.24) is 9.55 Å². The first kappa shape index (κ1) is 26.5. The predicted octanol–water partition coefficient (Wildman–Crippen LogP) is 5.61. The Morgan fingerprint density at radius 3 is 2.64 bits per heavy atom. The summed E-state index contributed by atoms with van der Waals surface area (Å²) >= 11 is 0.611. The molecule has 0 saturated carbocycles. The van der Waals surface area contributed by atoms with E-state index in [0.29, 0.717) is 36.7 Å². The summed E-state index contributed by atoms with van der Waals surface area (Å²) in [5.74, 6) is 1.31. The van der Waals surface area contributed by atoms with Crippen LogP contribution >= 0.6 is 0 Å². The van der Waals surface area contributed by atoms with E-state index < -0.39 is 6.04 Å². The van der Waals surface area contributed by atoms with Crippen molar-refractivity contribution < 1.29 is 31.6 Å². The molecule has 0 amide bonds. The van der Waals surface area contributed by atoms with Crippen molar-refractivity contribution in [2.75, 3.05) is 13.7 Å². The molecule has 0 aliphatic heterocycles. The van der Waals surface area contributed by atoms with E-state index >= 15 is 0 Å². The number of hydrogen-bond acceptors (Lipinski definition) is 4. The molecule has 1 unspecified atom stereocenters. The molecule has 0 bridgehead atoms. The third-order valence-electron chi connectivity index (χ3n) is 5.67. The fourth-order valence-electron chi connectivity index (χ4n) is 4.16. The number of rotatable bonds is 6. The Balaban J connectivity index is 0.00000125. The van der Waals surface area contributed by atoms with E-state index in [-0.39, 0.29) is 13.1 Å². The molecule has 178 valence electrons. The molecule has 1 aromatic heterocycles. The molecule has 1 aliphatic rings. The maximum atomic E-state index is 13.0. The van der Waals surface area contributed by atoms with Crippen LogP contribution in [0.3, 0.4) is 0 Å². The van der Waals surface area contributed by atoms with Crippen molar-refractivity contribution in [3.8, 4) is 11.5 Å². The summed E-state index contributed by atoms with van der Waals surface area (Å²) in [6.45, 7) is 8.88. The van der Waals surface area contributed by atoms with E-state index in [0.717, 1.165) is 35.0 Å². The van der Waals surface area contributed by atoms with Crippen LogP contribution in [0, 0.1) is 14.4 Å². The van der Waals surface area contributed by atoms with Crippen molar-refractivity contribution >= 4 is 16.6 Å². The van der Waals surface area contributed by atoms with Gasteiger partial charge in [0.25, 0.3) is 0 Å². The first-order valence-electron chi connectivity index (χ1n) is 10.4. The molecule has 0 radical (unpaired) electrons. The molecule has 1 heterocycles. The molecule has 4 rings (SSSR count). The quantitative estimate of drug-likeness (QED) is 0.362. The summed E-state index contributed by atoms with van der Waals surface area (Å²) < 4.78 is 21.1. The minimum absolute atomic E-state index is 0. The molecular weight excluding hydrogens is 595 g/mol. The Bertz CT molecular complexity index is 1220. The fraction of sp³-hybridized carbons (Fsp3) is 0.269. The van der Waals surface area contributed by atoms with E-state index in [2.05, 4.69) is 37.0 Å². The standard InChI is InChI=1S/C25H27N2O3.CH3.O.Os/c1-5-30-23-15-18(13-14-22(23)29-4)17(3)27-21-12-8-11-20(24(21)26-25(27)28)19-10-7-6-9-16(19)2;;;/h6,8-9,11-15,17H,3,5,7,10H2,1-2,4H3,(H,26,28);1H3;;/q2*-1;;. The van der Waals surface area contributed by atoms with E-state index in [1.165, 1.54) is 11.1 Å². The van der Waals surface area contributed by atoms with Gasteiger partial charge in [-0.25, -0.2) is 4.79 Å². The number of imidazole rings is 1. The van der Waals surface area contributed by atoms with Gasteiger partial charge in [-0.3, -0.25) is 0 Å². The third kappa shape index (κ3) is 5.25. The number of methoxy groups -OCH3 is 1. The second kappa shape index (κ2) is 11.9. The Labute approximate surface area is 205 Å². The van der Waals surface area contributed by atoms with E-state index in [1.807, 2.05) is 37.3 Å². The Morgan fingerprint density at radius 1 is 1.21 bits per heavy atom. The van der Waals surface area contributed by atoms with Crippen LogP contribution in [0.25, 0.3) is 16.6 Å². The molecule has 33 heavy (non-hydrogen) atoms. The van der Waals surface area contributed by atoms with Gasteiger partial charge in [0.05, 0.1) is 24.8 Å². The van der Waals surface area contributed by atoms with E-state index in [9.17, 15) is 4.79 Å². The molecule has 7 heteroatoms. The van der Waals surface area contributed by atoms with Gasteiger partial charge in [0, 0.05) is 5.56 Å². The van der Waals surface area contributed by atoms with Crippen LogP contribution in [0.2, 0.25) is 0 Å². The molecule has 0 saturated heterocycles. The number of H-pyrrole nitrogens is 1. The van der Waals surface area contributed by atoms with Crippen LogP contribution in [0.1, 0.15) is 43.9 Å². The molecule has 0 spiro atoms. The minimum atomic E-state index is -0.409. The summed E-state index contributed by atoms with van der Waals surface area (Å²) in [5.41, 5.74) is 6.02. The predicted molar refractivity (Wildman–Crippen MR) is 128 cm³/mol. The average Bonchev–Trinajstić information content (AvgIpc) is 3.16. The molecular formula is C26H30N2O4Os-2. The van der Waals surface area contributed by atoms with Gasteiger partial charge >= 0.3 is 27.8 Å². The fourth-order valence-corrected chi connectivity index (χ4v) is 4.16. The van der Waals surface area contributed by atoms with Gasteiger partial charge in [0.2, 0.25) is 0 Å². The second-order valence-corrected chi connectivity index (χ2v) is 7.46. The average molecular weight is 625 g/mol. The SMILES string of the molecule is [CH2-]C(c1ccc(OC)c(OCC)c1)n1c(=O)[nH]c2c(C3=C(C)C=CCC3)cccc21.[CH3-].[O]=[Os]. The number of hydrogen-bond donors (Lipinski definition) is 1.